The van der Waals surface area contributed by atoms with E-state index in [1.807, 2.05) is 0 Å². The largest absolute Gasteiger partial charge is 0.372 e. The summed E-state index contributed by atoms with van der Waals surface area (Å²) in [6.45, 7) is 8.38. The molecule has 2 atom stereocenters. The van der Waals surface area contributed by atoms with Crippen LogP contribution in [-0.2, 0) is 4.74 Å². The van der Waals surface area contributed by atoms with Gasteiger partial charge >= 0.3 is 0 Å². The predicted octanol–water partition coefficient (Wildman–Crippen LogP) is 2.61. The molecule has 2 rings (SSSR count). The average molecular weight is 205 g/mol. The molecular formula is C13H19NO. The standard InChI is InChI=1S/C13H19NO/c1-10-4-6-13(7-5-10)14-8-11(2)15-12(3)9-14/h4-7,11-12H,8-9H2,1-3H3/t11-,12-/m0/s1. The molecule has 1 aliphatic rings. The summed E-state index contributed by atoms with van der Waals surface area (Å²) in [5, 5.41) is 0. The maximum atomic E-state index is 5.72. The van der Waals surface area contributed by atoms with E-state index in [-0.39, 0.29) is 0 Å². The minimum absolute atomic E-state index is 0.329. The SMILES string of the molecule is Cc1ccc(N2C[C@H](C)O[C@@H](C)C2)cc1. The molecule has 0 bridgehead atoms. The molecule has 0 unspecified atom stereocenters. The van der Waals surface area contributed by atoms with Crippen LogP contribution in [0.4, 0.5) is 5.69 Å². The van der Waals surface area contributed by atoms with Gasteiger partial charge < -0.3 is 9.64 Å². The van der Waals surface area contributed by atoms with Crippen molar-refractivity contribution in [2.24, 2.45) is 0 Å². The number of rotatable bonds is 1. The highest BCUT2D eigenvalue weighted by molar-refractivity contribution is 5.48. The van der Waals surface area contributed by atoms with E-state index in [0.29, 0.717) is 12.2 Å². The Kier molecular flexibility index (Phi) is 2.96. The lowest BCUT2D eigenvalue weighted by molar-refractivity contribution is -0.00521. The van der Waals surface area contributed by atoms with Crippen molar-refractivity contribution in [3.63, 3.8) is 0 Å². The van der Waals surface area contributed by atoms with E-state index in [4.69, 9.17) is 4.74 Å². The van der Waals surface area contributed by atoms with Gasteiger partial charge in [-0.1, -0.05) is 17.7 Å². The maximum Gasteiger partial charge on any atom is 0.0726 e. The Bertz CT molecular complexity index is 310. The molecule has 1 aliphatic heterocycles. The van der Waals surface area contributed by atoms with Gasteiger partial charge in [-0.15, -0.1) is 0 Å². The van der Waals surface area contributed by atoms with Crippen LogP contribution in [0.15, 0.2) is 24.3 Å². The molecule has 82 valence electrons. The average Bonchev–Trinajstić information content (AvgIpc) is 2.17. The van der Waals surface area contributed by atoms with Crippen molar-refractivity contribution >= 4 is 5.69 Å². The summed E-state index contributed by atoms with van der Waals surface area (Å²) >= 11 is 0. The molecule has 1 saturated heterocycles. The monoisotopic (exact) mass is 205 g/mol. The van der Waals surface area contributed by atoms with E-state index in [9.17, 15) is 0 Å². The highest BCUT2D eigenvalue weighted by Gasteiger charge is 2.21. The van der Waals surface area contributed by atoms with Crippen LogP contribution in [0, 0.1) is 6.92 Å². The van der Waals surface area contributed by atoms with Gasteiger partial charge in [0.25, 0.3) is 0 Å². The Morgan fingerprint density at radius 1 is 1.07 bits per heavy atom. The van der Waals surface area contributed by atoms with E-state index >= 15 is 0 Å². The third-order valence-electron chi connectivity index (χ3n) is 2.82. The predicted molar refractivity (Wildman–Crippen MR) is 63.4 cm³/mol. The number of ether oxygens (including phenoxy) is 1. The van der Waals surface area contributed by atoms with Gasteiger partial charge in [0.2, 0.25) is 0 Å². The lowest BCUT2D eigenvalue weighted by Gasteiger charge is -2.36. The van der Waals surface area contributed by atoms with Crippen molar-refractivity contribution in [3.05, 3.63) is 29.8 Å². The normalized spacial score (nSPS) is 26.7. The van der Waals surface area contributed by atoms with Crippen LogP contribution in [0.3, 0.4) is 0 Å². The molecule has 0 saturated carbocycles. The molecule has 0 aliphatic carbocycles. The van der Waals surface area contributed by atoms with Crippen LogP contribution in [0.5, 0.6) is 0 Å². The van der Waals surface area contributed by atoms with Gasteiger partial charge in [-0.25, -0.2) is 0 Å². The summed E-state index contributed by atoms with van der Waals surface area (Å²) in [5.74, 6) is 0. The molecule has 0 N–H and O–H groups in total. The zero-order chi connectivity index (χ0) is 10.8. The van der Waals surface area contributed by atoms with E-state index in [1.165, 1.54) is 11.3 Å². The first kappa shape index (κ1) is 10.5. The van der Waals surface area contributed by atoms with Gasteiger partial charge in [-0.2, -0.15) is 0 Å². The van der Waals surface area contributed by atoms with Gasteiger partial charge in [0.1, 0.15) is 0 Å². The second-order valence-corrected chi connectivity index (χ2v) is 4.50. The first-order valence-corrected chi connectivity index (χ1v) is 5.62. The van der Waals surface area contributed by atoms with Crippen molar-refractivity contribution in [2.75, 3.05) is 18.0 Å². The number of hydrogen-bond acceptors (Lipinski definition) is 2. The lowest BCUT2D eigenvalue weighted by atomic mass is 10.1. The zero-order valence-corrected chi connectivity index (χ0v) is 9.73. The highest BCUT2D eigenvalue weighted by atomic mass is 16.5. The van der Waals surface area contributed by atoms with Crippen LogP contribution >= 0.6 is 0 Å². The number of anilines is 1. The smallest absolute Gasteiger partial charge is 0.0726 e. The summed E-state index contributed by atoms with van der Waals surface area (Å²) in [5.41, 5.74) is 2.62. The van der Waals surface area contributed by atoms with E-state index in [0.717, 1.165) is 13.1 Å². The number of hydrogen-bond donors (Lipinski definition) is 0. The molecule has 2 nitrogen and oxygen atoms in total. The summed E-state index contributed by atoms with van der Waals surface area (Å²) in [6.07, 6.45) is 0.658. The van der Waals surface area contributed by atoms with Crippen molar-refractivity contribution in [1.29, 1.82) is 0 Å². The molecule has 1 aromatic rings. The van der Waals surface area contributed by atoms with E-state index in [1.54, 1.807) is 0 Å². The van der Waals surface area contributed by atoms with Crippen LogP contribution < -0.4 is 4.90 Å². The first-order valence-electron chi connectivity index (χ1n) is 5.62. The number of nitrogens with zero attached hydrogens (tertiary/aromatic N) is 1. The second kappa shape index (κ2) is 4.23. The Morgan fingerprint density at radius 2 is 1.60 bits per heavy atom. The van der Waals surface area contributed by atoms with Gasteiger partial charge in [0.05, 0.1) is 12.2 Å². The van der Waals surface area contributed by atoms with Crippen molar-refractivity contribution in [1.82, 2.24) is 0 Å². The Morgan fingerprint density at radius 3 is 2.13 bits per heavy atom. The Labute approximate surface area is 91.9 Å². The number of aryl methyl sites for hydroxylation is 1. The zero-order valence-electron chi connectivity index (χ0n) is 9.73. The minimum Gasteiger partial charge on any atom is -0.372 e. The molecule has 0 radical (unpaired) electrons. The lowest BCUT2D eigenvalue weighted by Crippen LogP contribution is -2.45. The minimum atomic E-state index is 0.329. The second-order valence-electron chi connectivity index (χ2n) is 4.50. The molecule has 1 fully saturated rings. The molecule has 15 heavy (non-hydrogen) atoms. The van der Waals surface area contributed by atoms with Crippen LogP contribution in [-0.4, -0.2) is 25.3 Å². The number of benzene rings is 1. The first-order chi connectivity index (χ1) is 7.15. The van der Waals surface area contributed by atoms with Crippen molar-refractivity contribution in [2.45, 2.75) is 33.0 Å². The molecule has 2 heteroatoms. The van der Waals surface area contributed by atoms with E-state index in [2.05, 4.69) is 49.9 Å². The molecule has 1 heterocycles. The summed E-state index contributed by atoms with van der Waals surface area (Å²) in [7, 11) is 0. The number of morpholine rings is 1. The summed E-state index contributed by atoms with van der Waals surface area (Å²) < 4.78 is 5.72. The fourth-order valence-corrected chi connectivity index (χ4v) is 2.14. The third kappa shape index (κ3) is 2.51. The van der Waals surface area contributed by atoms with Crippen LogP contribution in [0.2, 0.25) is 0 Å². The fraction of sp³-hybridized carbons (Fsp3) is 0.538. The van der Waals surface area contributed by atoms with Crippen molar-refractivity contribution < 1.29 is 4.74 Å². The topological polar surface area (TPSA) is 12.5 Å². The highest BCUT2D eigenvalue weighted by Crippen LogP contribution is 2.20. The molecule has 0 amide bonds. The van der Waals surface area contributed by atoms with Crippen LogP contribution in [0.1, 0.15) is 19.4 Å². The Balaban J connectivity index is 2.12. The summed E-state index contributed by atoms with van der Waals surface area (Å²) in [6, 6.07) is 8.72. The third-order valence-corrected chi connectivity index (χ3v) is 2.82. The molecular weight excluding hydrogens is 186 g/mol. The maximum absolute atomic E-state index is 5.72. The van der Waals surface area contributed by atoms with Crippen LogP contribution in [0.25, 0.3) is 0 Å². The summed E-state index contributed by atoms with van der Waals surface area (Å²) in [4.78, 5) is 2.40. The van der Waals surface area contributed by atoms with Gasteiger partial charge in [0.15, 0.2) is 0 Å². The molecule has 0 aromatic heterocycles. The van der Waals surface area contributed by atoms with Gasteiger partial charge in [-0.05, 0) is 32.9 Å². The fourth-order valence-electron chi connectivity index (χ4n) is 2.14. The van der Waals surface area contributed by atoms with Crippen molar-refractivity contribution in [3.8, 4) is 0 Å². The molecule has 1 aromatic carbocycles. The van der Waals surface area contributed by atoms with E-state index < -0.39 is 0 Å². The quantitative estimate of drug-likeness (QED) is 0.698. The van der Waals surface area contributed by atoms with Gasteiger partial charge in [-0.3, -0.25) is 0 Å². The molecule has 0 spiro atoms. The Hall–Kier alpha value is -1.02. The van der Waals surface area contributed by atoms with Gasteiger partial charge in [0, 0.05) is 18.8 Å².